The molecular formula is C18H16Cl2N3O4+. The number of hydrogen-bond donors (Lipinski definition) is 2. The molecule has 140 valence electrons. The fraction of sp³-hybridized carbons (Fsp3) is 0.167. The van der Waals surface area contributed by atoms with Crippen LogP contribution in [0.3, 0.4) is 0 Å². The van der Waals surface area contributed by atoms with Crippen molar-refractivity contribution >= 4 is 29.1 Å². The van der Waals surface area contributed by atoms with Crippen LogP contribution in [0.1, 0.15) is 16.1 Å². The van der Waals surface area contributed by atoms with E-state index in [-0.39, 0.29) is 12.2 Å². The van der Waals surface area contributed by atoms with Crippen molar-refractivity contribution in [3.63, 3.8) is 0 Å². The molecule has 1 heterocycles. The molecule has 0 saturated heterocycles. The third kappa shape index (κ3) is 4.32. The first-order chi connectivity index (χ1) is 13.0. The summed E-state index contributed by atoms with van der Waals surface area (Å²) in [6, 6.07) is 11.9. The van der Waals surface area contributed by atoms with Crippen molar-refractivity contribution in [3.8, 4) is 11.4 Å². The van der Waals surface area contributed by atoms with E-state index < -0.39 is 11.5 Å². The molecule has 0 aliphatic carbocycles. The minimum atomic E-state index is -0.771. The second-order valence-corrected chi connectivity index (χ2v) is 6.45. The molecule has 3 rings (SSSR count). The van der Waals surface area contributed by atoms with Gasteiger partial charge < -0.3 is 10.1 Å². The number of halogens is 2. The Bertz CT molecular complexity index is 1010. The number of H-pyrrole nitrogens is 1. The van der Waals surface area contributed by atoms with Gasteiger partial charge in [-0.15, -0.1) is 0 Å². The number of rotatable bonds is 6. The van der Waals surface area contributed by atoms with Gasteiger partial charge in [0.15, 0.2) is 0 Å². The number of aromatic amines is 1. The highest BCUT2D eigenvalue weighted by Gasteiger charge is 2.30. The Labute approximate surface area is 164 Å². The predicted molar refractivity (Wildman–Crippen MR) is 99.9 cm³/mol. The van der Waals surface area contributed by atoms with Gasteiger partial charge in [0.2, 0.25) is 5.69 Å². The van der Waals surface area contributed by atoms with Gasteiger partial charge in [-0.1, -0.05) is 29.3 Å². The number of ether oxygens (including phenoxy) is 1. The molecule has 0 aliphatic rings. The smallest absolute Gasteiger partial charge is 0.441 e. The van der Waals surface area contributed by atoms with Crippen LogP contribution in [0.5, 0.6) is 5.75 Å². The molecule has 0 spiro atoms. The van der Waals surface area contributed by atoms with Crippen LogP contribution < -0.4 is 20.4 Å². The molecule has 0 unspecified atom stereocenters. The van der Waals surface area contributed by atoms with Gasteiger partial charge in [0.25, 0.3) is 0 Å². The van der Waals surface area contributed by atoms with Crippen LogP contribution in [-0.2, 0) is 6.42 Å². The van der Waals surface area contributed by atoms with Crippen LogP contribution in [0.15, 0.2) is 51.8 Å². The quantitative estimate of drug-likeness (QED) is 0.613. The van der Waals surface area contributed by atoms with Gasteiger partial charge in [0.1, 0.15) is 5.75 Å². The third-order valence-corrected chi connectivity index (χ3v) is 4.47. The summed E-state index contributed by atoms with van der Waals surface area (Å²) in [6.45, 7) is 0.285. The molecular weight excluding hydrogens is 393 g/mol. The summed E-state index contributed by atoms with van der Waals surface area (Å²) in [5, 5.41) is 6.18. The lowest BCUT2D eigenvalue weighted by atomic mass is 10.1. The van der Waals surface area contributed by atoms with Gasteiger partial charge >= 0.3 is 17.2 Å². The molecule has 27 heavy (non-hydrogen) atoms. The molecule has 9 heteroatoms. The summed E-state index contributed by atoms with van der Waals surface area (Å²) in [5.41, 5.74) is 0.452. The summed E-state index contributed by atoms with van der Waals surface area (Å²) in [7, 11) is 1.55. The van der Waals surface area contributed by atoms with Crippen LogP contribution in [0, 0.1) is 0 Å². The average molecular weight is 409 g/mol. The van der Waals surface area contributed by atoms with Gasteiger partial charge in [-0.2, -0.15) is 0 Å². The summed E-state index contributed by atoms with van der Waals surface area (Å²) in [4.78, 5) is 24.4. The number of hydrogen-bond acceptors (Lipinski definition) is 4. The SMILES string of the molecule is COc1ccc(-[n+]2[nH]oc(=O)c2C(=O)NCCc2ccc(Cl)cc2Cl)cc1. The Morgan fingerprint density at radius 1 is 1.22 bits per heavy atom. The molecule has 2 N–H and O–H groups in total. The summed E-state index contributed by atoms with van der Waals surface area (Å²) in [5.74, 6) is 0.0851. The van der Waals surface area contributed by atoms with Gasteiger partial charge in [-0.3, -0.25) is 9.32 Å². The van der Waals surface area contributed by atoms with Crippen molar-refractivity contribution in [2.24, 2.45) is 0 Å². The number of carbonyl (C=O) groups excluding carboxylic acids is 1. The Kier molecular flexibility index (Phi) is 5.83. The zero-order valence-corrected chi connectivity index (χ0v) is 15.8. The number of amides is 1. The Morgan fingerprint density at radius 3 is 2.63 bits per heavy atom. The topological polar surface area (TPSA) is 88.2 Å². The summed E-state index contributed by atoms with van der Waals surface area (Å²) < 4.78 is 11.1. The fourth-order valence-corrected chi connectivity index (χ4v) is 3.00. The first kappa shape index (κ1) is 19.0. The molecule has 2 aromatic carbocycles. The van der Waals surface area contributed by atoms with Crippen LogP contribution >= 0.6 is 23.2 Å². The number of nitrogens with zero attached hydrogens (tertiary/aromatic N) is 1. The second-order valence-electron chi connectivity index (χ2n) is 5.60. The lowest BCUT2D eigenvalue weighted by Crippen LogP contribution is -2.45. The maximum atomic E-state index is 12.5. The van der Waals surface area contributed by atoms with Crippen molar-refractivity contribution in [3.05, 3.63) is 74.2 Å². The summed E-state index contributed by atoms with van der Waals surface area (Å²) >= 11 is 12.0. The largest absolute Gasteiger partial charge is 0.497 e. The molecule has 1 aromatic heterocycles. The maximum Gasteiger partial charge on any atom is 0.441 e. The van der Waals surface area contributed by atoms with E-state index in [9.17, 15) is 9.59 Å². The summed E-state index contributed by atoms with van der Waals surface area (Å²) in [6.07, 6.45) is 0.486. The second kappa shape index (κ2) is 8.28. The maximum absolute atomic E-state index is 12.5. The van der Waals surface area contributed by atoms with Crippen LogP contribution in [0.2, 0.25) is 10.0 Å². The van der Waals surface area contributed by atoms with E-state index in [1.54, 1.807) is 49.6 Å². The molecule has 0 fully saturated rings. The number of benzene rings is 2. The van der Waals surface area contributed by atoms with Crippen molar-refractivity contribution in [1.82, 2.24) is 10.6 Å². The number of methoxy groups -OCH3 is 1. The van der Waals surface area contributed by atoms with E-state index in [0.717, 1.165) is 5.56 Å². The molecule has 3 aromatic rings. The minimum Gasteiger partial charge on any atom is -0.497 e. The molecule has 7 nitrogen and oxygen atoms in total. The van der Waals surface area contributed by atoms with Crippen molar-refractivity contribution < 1.29 is 18.7 Å². The van der Waals surface area contributed by atoms with E-state index in [2.05, 4.69) is 10.6 Å². The molecule has 0 bridgehead atoms. The zero-order valence-electron chi connectivity index (χ0n) is 14.3. The standard InChI is InChI=1S/C18H15Cl2N3O4/c1-26-14-6-4-13(5-7-14)23-16(18(25)27-22-23)17(24)21-9-8-11-2-3-12(19)10-15(11)20/h2-7,10H,8-9H2,1H3,(H-,21,22,24,25)/p+1. The highest BCUT2D eigenvalue weighted by molar-refractivity contribution is 6.35. The normalized spacial score (nSPS) is 10.6. The number of carbonyl (C=O) groups is 1. The first-order valence-corrected chi connectivity index (χ1v) is 8.75. The van der Waals surface area contributed by atoms with Crippen LogP contribution in [-0.4, -0.2) is 24.8 Å². The monoisotopic (exact) mass is 408 g/mol. The highest BCUT2D eigenvalue weighted by Crippen LogP contribution is 2.21. The van der Waals surface area contributed by atoms with Gasteiger partial charge in [0.05, 0.1) is 7.11 Å². The Hall–Kier alpha value is -2.77. The molecule has 0 atom stereocenters. The first-order valence-electron chi connectivity index (χ1n) is 7.99. The van der Waals surface area contributed by atoms with Gasteiger partial charge in [0, 0.05) is 28.7 Å². The van der Waals surface area contributed by atoms with E-state index in [0.29, 0.717) is 27.9 Å². The van der Waals surface area contributed by atoms with E-state index in [1.165, 1.54) is 4.68 Å². The molecule has 1 amide bonds. The number of aromatic nitrogens is 2. The lowest BCUT2D eigenvalue weighted by molar-refractivity contribution is -0.672. The number of nitrogens with one attached hydrogen (secondary N) is 2. The zero-order chi connectivity index (χ0) is 19.4. The predicted octanol–water partition coefficient (Wildman–Crippen LogP) is 2.53. The van der Waals surface area contributed by atoms with Crippen molar-refractivity contribution in [2.75, 3.05) is 13.7 Å². The molecule has 0 saturated carbocycles. The van der Waals surface area contributed by atoms with Crippen molar-refractivity contribution in [1.29, 1.82) is 0 Å². The minimum absolute atomic E-state index is 0.164. The average Bonchev–Trinajstić information content (AvgIpc) is 3.05. The van der Waals surface area contributed by atoms with Crippen molar-refractivity contribution in [2.45, 2.75) is 6.42 Å². The van der Waals surface area contributed by atoms with Crippen LogP contribution in [0.25, 0.3) is 5.69 Å². The van der Waals surface area contributed by atoms with Gasteiger partial charge in [-0.25, -0.2) is 4.79 Å². The molecule has 0 aliphatic heterocycles. The van der Waals surface area contributed by atoms with Gasteiger partial charge in [-0.05, 0) is 46.2 Å². The third-order valence-electron chi connectivity index (χ3n) is 3.89. The Morgan fingerprint density at radius 2 is 1.96 bits per heavy atom. The van der Waals surface area contributed by atoms with E-state index in [1.807, 2.05) is 0 Å². The highest BCUT2D eigenvalue weighted by atomic mass is 35.5. The van der Waals surface area contributed by atoms with E-state index >= 15 is 0 Å². The lowest BCUT2D eigenvalue weighted by Gasteiger charge is -2.05. The fourth-order valence-electron chi connectivity index (χ4n) is 2.50. The Balaban J connectivity index is 1.73. The molecule has 0 radical (unpaired) electrons. The van der Waals surface area contributed by atoms with Crippen LogP contribution in [0.4, 0.5) is 0 Å². The van der Waals surface area contributed by atoms with E-state index in [4.69, 9.17) is 32.5 Å².